The van der Waals surface area contributed by atoms with Gasteiger partial charge in [0.1, 0.15) is 0 Å². The van der Waals surface area contributed by atoms with Crippen molar-refractivity contribution in [3.8, 4) is 0 Å². The summed E-state index contributed by atoms with van der Waals surface area (Å²) in [5.74, 6) is 0.920. The molecule has 0 spiro atoms. The third kappa shape index (κ3) is 3.94. The molecule has 3 atom stereocenters. The predicted octanol–water partition coefficient (Wildman–Crippen LogP) is 3.27. The molecule has 1 saturated heterocycles. The maximum atomic E-state index is 12.5. The van der Waals surface area contributed by atoms with Crippen LogP contribution in [0.15, 0.2) is 28.7 Å². The summed E-state index contributed by atoms with van der Waals surface area (Å²) in [6.45, 7) is 3.34. The van der Waals surface area contributed by atoms with Crippen molar-refractivity contribution in [1.82, 2.24) is 10.2 Å². The minimum atomic E-state index is 0.107. The van der Waals surface area contributed by atoms with Crippen LogP contribution < -0.4 is 5.32 Å². The van der Waals surface area contributed by atoms with Crippen LogP contribution in [0.3, 0.4) is 0 Å². The van der Waals surface area contributed by atoms with Gasteiger partial charge < -0.3 is 10.2 Å². The first-order valence-electron chi connectivity index (χ1n) is 8.39. The summed E-state index contributed by atoms with van der Waals surface area (Å²) in [5.41, 5.74) is 1.18. The summed E-state index contributed by atoms with van der Waals surface area (Å²) < 4.78 is 1.04. The fourth-order valence-electron chi connectivity index (χ4n) is 3.38. The molecule has 0 bridgehead atoms. The molecular formula is C18H23BrN2O2. The molecule has 1 aromatic carbocycles. The number of carbonyl (C=O) groups excluding carboxylic acids is 2. The quantitative estimate of drug-likeness (QED) is 0.854. The zero-order valence-corrected chi connectivity index (χ0v) is 15.0. The number of carbonyl (C=O) groups is 2. The Labute approximate surface area is 145 Å². The Kier molecular flexibility index (Phi) is 5.05. The molecule has 0 unspecified atom stereocenters. The molecule has 1 aliphatic heterocycles. The summed E-state index contributed by atoms with van der Waals surface area (Å²) in [5, 5.41) is 2.90. The molecule has 1 aromatic rings. The fourth-order valence-corrected chi connectivity index (χ4v) is 3.80. The van der Waals surface area contributed by atoms with Crippen molar-refractivity contribution in [3.05, 3.63) is 34.3 Å². The van der Waals surface area contributed by atoms with E-state index in [4.69, 9.17) is 0 Å². The molecule has 1 heterocycles. The number of rotatable bonds is 5. The Morgan fingerprint density at radius 2 is 2.17 bits per heavy atom. The van der Waals surface area contributed by atoms with Crippen molar-refractivity contribution < 1.29 is 9.59 Å². The summed E-state index contributed by atoms with van der Waals surface area (Å²) in [7, 11) is 0. The second-order valence-corrected chi connectivity index (χ2v) is 7.58. The lowest BCUT2D eigenvalue weighted by atomic mass is 10.0. The number of likely N-dealkylation sites (tertiary alicyclic amines) is 1. The van der Waals surface area contributed by atoms with Crippen molar-refractivity contribution >= 4 is 27.7 Å². The topological polar surface area (TPSA) is 49.4 Å². The Morgan fingerprint density at radius 1 is 1.39 bits per heavy atom. The molecule has 1 aliphatic carbocycles. The van der Waals surface area contributed by atoms with Gasteiger partial charge >= 0.3 is 0 Å². The average Bonchev–Trinajstić information content (AvgIpc) is 3.07. The van der Waals surface area contributed by atoms with E-state index in [1.165, 1.54) is 5.56 Å². The zero-order valence-electron chi connectivity index (χ0n) is 13.4. The minimum absolute atomic E-state index is 0.107. The molecule has 2 aliphatic rings. The lowest BCUT2D eigenvalue weighted by Crippen LogP contribution is -2.34. The van der Waals surface area contributed by atoms with Gasteiger partial charge in [-0.25, -0.2) is 0 Å². The highest BCUT2D eigenvalue weighted by molar-refractivity contribution is 9.10. The number of nitrogens with zero attached hydrogens (tertiary/aromatic N) is 1. The van der Waals surface area contributed by atoms with Gasteiger partial charge in [-0.15, -0.1) is 0 Å². The van der Waals surface area contributed by atoms with Crippen LogP contribution in [0.2, 0.25) is 0 Å². The highest BCUT2D eigenvalue weighted by Crippen LogP contribution is 2.37. The van der Waals surface area contributed by atoms with Crippen molar-refractivity contribution in [1.29, 1.82) is 0 Å². The Morgan fingerprint density at radius 3 is 2.87 bits per heavy atom. The van der Waals surface area contributed by atoms with Crippen molar-refractivity contribution in [2.75, 3.05) is 13.1 Å². The van der Waals surface area contributed by atoms with E-state index in [2.05, 4.69) is 40.3 Å². The lowest BCUT2D eigenvalue weighted by Gasteiger charge is -2.25. The van der Waals surface area contributed by atoms with E-state index in [1.54, 1.807) is 0 Å². The van der Waals surface area contributed by atoms with Crippen LogP contribution in [0, 0.1) is 11.8 Å². The van der Waals surface area contributed by atoms with Crippen LogP contribution in [0.5, 0.6) is 0 Å². The Balaban J connectivity index is 1.52. The average molecular weight is 379 g/mol. The first-order valence-corrected chi connectivity index (χ1v) is 9.18. The molecule has 23 heavy (non-hydrogen) atoms. The van der Waals surface area contributed by atoms with Crippen LogP contribution in [-0.2, 0) is 9.59 Å². The molecule has 2 fully saturated rings. The van der Waals surface area contributed by atoms with Gasteiger partial charge in [-0.2, -0.15) is 0 Å². The third-order valence-corrected chi connectivity index (χ3v) is 5.38. The molecule has 4 nitrogen and oxygen atoms in total. The molecule has 1 N–H and O–H groups in total. The second kappa shape index (κ2) is 7.04. The minimum Gasteiger partial charge on any atom is -0.355 e. The molecule has 0 radical (unpaired) electrons. The van der Waals surface area contributed by atoms with Gasteiger partial charge in [0.2, 0.25) is 11.8 Å². The number of nitrogens with one attached hydrogen (secondary N) is 1. The molecule has 1 saturated carbocycles. The van der Waals surface area contributed by atoms with E-state index in [-0.39, 0.29) is 23.8 Å². The van der Waals surface area contributed by atoms with E-state index < -0.39 is 0 Å². The number of hydrogen-bond acceptors (Lipinski definition) is 2. The van der Waals surface area contributed by atoms with Crippen molar-refractivity contribution in [2.45, 2.75) is 38.6 Å². The zero-order chi connectivity index (χ0) is 16.4. The number of hydrogen-bond donors (Lipinski definition) is 1. The molecule has 124 valence electrons. The third-order valence-electron chi connectivity index (χ3n) is 4.89. The smallest absolute Gasteiger partial charge is 0.224 e. The van der Waals surface area contributed by atoms with E-state index in [0.29, 0.717) is 18.9 Å². The van der Waals surface area contributed by atoms with Crippen LogP contribution in [0.4, 0.5) is 0 Å². The van der Waals surface area contributed by atoms with E-state index in [0.717, 1.165) is 30.3 Å². The standard InChI is InChI=1S/C18H23BrN2O2/c1-12-10-15(12)18(23)20-8-7-17(22)21-9-3-6-16(21)13-4-2-5-14(19)11-13/h2,4-5,11-12,15-16H,3,6-10H2,1H3,(H,20,23)/t12-,15+,16+/m1/s1. The molecular weight excluding hydrogens is 356 g/mol. The number of benzene rings is 1. The van der Waals surface area contributed by atoms with Gasteiger partial charge in [0, 0.05) is 29.9 Å². The molecule has 0 aromatic heterocycles. The second-order valence-electron chi connectivity index (χ2n) is 6.66. The first-order chi connectivity index (χ1) is 11.1. The largest absolute Gasteiger partial charge is 0.355 e. The summed E-state index contributed by atoms with van der Waals surface area (Å²) in [4.78, 5) is 26.3. The van der Waals surface area contributed by atoms with Gasteiger partial charge in [0.15, 0.2) is 0 Å². The van der Waals surface area contributed by atoms with Crippen molar-refractivity contribution in [3.63, 3.8) is 0 Å². The monoisotopic (exact) mass is 378 g/mol. The van der Waals surface area contributed by atoms with E-state index in [9.17, 15) is 9.59 Å². The van der Waals surface area contributed by atoms with Crippen molar-refractivity contribution in [2.24, 2.45) is 11.8 Å². The van der Waals surface area contributed by atoms with Gasteiger partial charge in [-0.05, 0) is 42.9 Å². The highest BCUT2D eigenvalue weighted by atomic mass is 79.9. The Hall–Kier alpha value is -1.36. The first kappa shape index (κ1) is 16.5. The maximum absolute atomic E-state index is 12.5. The normalized spacial score (nSPS) is 26.2. The summed E-state index contributed by atoms with van der Waals surface area (Å²) >= 11 is 3.50. The predicted molar refractivity (Wildman–Crippen MR) is 92.7 cm³/mol. The van der Waals surface area contributed by atoms with Gasteiger partial charge in [-0.3, -0.25) is 9.59 Å². The maximum Gasteiger partial charge on any atom is 0.224 e. The molecule has 3 rings (SSSR count). The summed E-state index contributed by atoms with van der Waals surface area (Å²) in [6.07, 6.45) is 3.41. The van der Waals surface area contributed by atoms with Crippen LogP contribution in [0.1, 0.15) is 44.2 Å². The van der Waals surface area contributed by atoms with Crippen LogP contribution in [-0.4, -0.2) is 29.8 Å². The Bertz CT molecular complexity index is 604. The summed E-state index contributed by atoms with van der Waals surface area (Å²) in [6, 6.07) is 8.35. The van der Waals surface area contributed by atoms with Gasteiger partial charge in [0.25, 0.3) is 0 Å². The lowest BCUT2D eigenvalue weighted by molar-refractivity contribution is -0.132. The van der Waals surface area contributed by atoms with Crippen LogP contribution in [0.25, 0.3) is 0 Å². The van der Waals surface area contributed by atoms with E-state index >= 15 is 0 Å². The van der Waals surface area contributed by atoms with Crippen LogP contribution >= 0.6 is 15.9 Å². The number of amides is 2. The highest BCUT2D eigenvalue weighted by Gasteiger charge is 2.39. The molecule has 5 heteroatoms. The van der Waals surface area contributed by atoms with Gasteiger partial charge in [0.05, 0.1) is 6.04 Å². The number of halogens is 1. The molecule has 2 amide bonds. The SMILES string of the molecule is C[C@@H]1C[C@@H]1C(=O)NCCC(=O)N1CCC[C@H]1c1cccc(Br)c1. The fraction of sp³-hybridized carbons (Fsp3) is 0.556. The van der Waals surface area contributed by atoms with E-state index in [1.807, 2.05) is 17.0 Å². The van der Waals surface area contributed by atoms with Gasteiger partial charge in [-0.1, -0.05) is 35.0 Å².